The number of aryl methyl sites for hydroxylation is 1. The minimum Gasteiger partial charge on any atom is -0.497 e. The maximum atomic E-state index is 11.9. The summed E-state index contributed by atoms with van der Waals surface area (Å²) in [6, 6.07) is 16.0. The zero-order valence-corrected chi connectivity index (χ0v) is 16.4. The summed E-state index contributed by atoms with van der Waals surface area (Å²) in [5, 5.41) is 3.68. The second kappa shape index (κ2) is 7.13. The van der Waals surface area contributed by atoms with E-state index < -0.39 is 0 Å². The molecular formula is C21H16N2O2S2. The van der Waals surface area contributed by atoms with E-state index >= 15 is 0 Å². The largest absolute Gasteiger partial charge is 0.497 e. The highest BCUT2D eigenvalue weighted by Gasteiger charge is 2.22. The van der Waals surface area contributed by atoms with Gasteiger partial charge in [-0.25, -0.2) is 4.98 Å². The molecule has 1 fully saturated rings. The number of pyridine rings is 1. The zero-order valence-electron chi connectivity index (χ0n) is 14.8. The highest BCUT2D eigenvalue weighted by Crippen LogP contribution is 2.30. The number of thiocarbonyl (C=S) groups is 1. The molecule has 0 aliphatic carbocycles. The maximum absolute atomic E-state index is 11.9. The molecule has 27 heavy (non-hydrogen) atoms. The first-order valence-electron chi connectivity index (χ1n) is 8.34. The number of methoxy groups -OCH3 is 1. The molecule has 1 aliphatic rings. The Bertz CT molecular complexity index is 1120. The van der Waals surface area contributed by atoms with Gasteiger partial charge in [0, 0.05) is 10.9 Å². The Morgan fingerprint density at radius 1 is 1.19 bits per heavy atom. The number of benzene rings is 2. The third-order valence-electron chi connectivity index (χ3n) is 4.31. The molecule has 0 radical (unpaired) electrons. The Morgan fingerprint density at radius 3 is 2.78 bits per heavy atom. The fourth-order valence-corrected chi connectivity index (χ4v) is 4.07. The lowest BCUT2D eigenvalue weighted by atomic mass is 10.0. The molecule has 1 aliphatic heterocycles. The first-order chi connectivity index (χ1) is 13.0. The minimum absolute atomic E-state index is 0.149. The number of fused-ring (bicyclic) bond motifs is 1. The van der Waals surface area contributed by atoms with Crippen molar-refractivity contribution >= 4 is 51.2 Å². The molecular weight excluding hydrogens is 376 g/mol. The lowest BCUT2D eigenvalue weighted by Gasteiger charge is -2.09. The molecule has 2 heterocycles. The molecule has 0 unspecified atom stereocenters. The smallest absolute Gasteiger partial charge is 0.263 e. The van der Waals surface area contributed by atoms with E-state index in [1.807, 2.05) is 55.5 Å². The van der Waals surface area contributed by atoms with Gasteiger partial charge in [-0.3, -0.25) is 4.79 Å². The molecule has 4 rings (SSSR count). The Hall–Kier alpha value is -2.70. The third-order valence-corrected chi connectivity index (χ3v) is 5.48. The Labute approximate surface area is 166 Å². The van der Waals surface area contributed by atoms with Crippen LogP contribution in [-0.2, 0) is 4.79 Å². The second-order valence-corrected chi connectivity index (χ2v) is 7.91. The van der Waals surface area contributed by atoms with Gasteiger partial charge in [-0.05, 0) is 54.5 Å². The average molecular weight is 393 g/mol. The molecule has 0 saturated carbocycles. The van der Waals surface area contributed by atoms with Crippen LogP contribution in [0.2, 0.25) is 0 Å². The van der Waals surface area contributed by atoms with Crippen molar-refractivity contribution in [3.63, 3.8) is 0 Å². The van der Waals surface area contributed by atoms with Crippen molar-refractivity contribution in [3.8, 4) is 17.0 Å². The van der Waals surface area contributed by atoms with E-state index in [0.29, 0.717) is 9.23 Å². The van der Waals surface area contributed by atoms with Gasteiger partial charge in [0.1, 0.15) is 10.1 Å². The average Bonchev–Trinajstić information content (AvgIpc) is 2.97. The summed E-state index contributed by atoms with van der Waals surface area (Å²) in [7, 11) is 1.66. The molecule has 1 saturated heterocycles. The third kappa shape index (κ3) is 3.59. The van der Waals surface area contributed by atoms with Crippen LogP contribution in [0.3, 0.4) is 0 Å². The first kappa shape index (κ1) is 17.7. The number of rotatable bonds is 3. The summed E-state index contributed by atoms with van der Waals surface area (Å²) in [6.07, 6.45) is 1.85. The number of amides is 1. The van der Waals surface area contributed by atoms with E-state index in [4.69, 9.17) is 21.9 Å². The van der Waals surface area contributed by atoms with Crippen molar-refractivity contribution in [3.05, 3.63) is 64.6 Å². The van der Waals surface area contributed by atoms with Crippen molar-refractivity contribution in [2.75, 3.05) is 7.11 Å². The van der Waals surface area contributed by atoms with Crippen LogP contribution in [0.4, 0.5) is 0 Å². The van der Waals surface area contributed by atoms with E-state index in [0.717, 1.165) is 39.0 Å². The number of hydrogen-bond acceptors (Lipinski definition) is 5. The number of ether oxygens (including phenoxy) is 1. The van der Waals surface area contributed by atoms with Gasteiger partial charge in [-0.2, -0.15) is 0 Å². The standard InChI is InChI=1S/C21H16N2O2S2/c1-12-8-15-11-16(25-2)6-7-17(15)22-19(12)14-5-3-4-13(9-14)10-18-20(24)23-21(26)27-18/h3-11H,1-2H3,(H,23,24,26)/b18-10-. The summed E-state index contributed by atoms with van der Waals surface area (Å²) in [5.74, 6) is 0.666. The predicted molar refractivity (Wildman–Crippen MR) is 115 cm³/mol. The Kier molecular flexibility index (Phi) is 4.68. The van der Waals surface area contributed by atoms with Gasteiger partial charge in [0.05, 0.1) is 23.2 Å². The molecule has 4 nitrogen and oxygen atoms in total. The monoisotopic (exact) mass is 392 g/mol. The number of aromatic nitrogens is 1. The van der Waals surface area contributed by atoms with E-state index in [9.17, 15) is 4.79 Å². The molecule has 134 valence electrons. The van der Waals surface area contributed by atoms with Gasteiger partial charge in [-0.15, -0.1) is 0 Å². The SMILES string of the molecule is COc1ccc2nc(-c3cccc(/C=C4\SC(=S)NC4=O)c3)c(C)cc2c1. The van der Waals surface area contributed by atoms with E-state index in [1.54, 1.807) is 7.11 Å². The highest BCUT2D eigenvalue weighted by molar-refractivity contribution is 8.26. The zero-order chi connectivity index (χ0) is 19.0. The summed E-state index contributed by atoms with van der Waals surface area (Å²) >= 11 is 6.33. The first-order valence-corrected chi connectivity index (χ1v) is 9.56. The van der Waals surface area contributed by atoms with E-state index in [-0.39, 0.29) is 5.91 Å². The van der Waals surface area contributed by atoms with Crippen LogP contribution in [-0.4, -0.2) is 22.3 Å². The van der Waals surface area contributed by atoms with Gasteiger partial charge < -0.3 is 10.1 Å². The lowest BCUT2D eigenvalue weighted by Crippen LogP contribution is -2.17. The van der Waals surface area contributed by atoms with Crippen LogP contribution in [0.5, 0.6) is 5.75 Å². The van der Waals surface area contributed by atoms with Gasteiger partial charge >= 0.3 is 0 Å². The number of hydrogen-bond donors (Lipinski definition) is 1. The fraction of sp³-hybridized carbons (Fsp3) is 0.0952. The maximum Gasteiger partial charge on any atom is 0.263 e. The Morgan fingerprint density at radius 2 is 2.04 bits per heavy atom. The topological polar surface area (TPSA) is 51.2 Å². The molecule has 0 atom stereocenters. The van der Waals surface area contributed by atoms with Crippen LogP contribution >= 0.6 is 24.0 Å². The van der Waals surface area contributed by atoms with E-state index in [1.165, 1.54) is 11.8 Å². The summed E-state index contributed by atoms with van der Waals surface area (Å²) in [5.41, 5.74) is 4.86. The second-order valence-electron chi connectivity index (χ2n) is 6.19. The van der Waals surface area contributed by atoms with Crippen LogP contribution in [0.1, 0.15) is 11.1 Å². The van der Waals surface area contributed by atoms with Crippen LogP contribution in [0, 0.1) is 6.92 Å². The molecule has 0 spiro atoms. The van der Waals surface area contributed by atoms with Gasteiger partial charge in [0.15, 0.2) is 0 Å². The number of nitrogens with zero attached hydrogens (tertiary/aromatic N) is 1. The van der Waals surface area contributed by atoms with Gasteiger partial charge in [0.25, 0.3) is 5.91 Å². The van der Waals surface area contributed by atoms with Crippen molar-refractivity contribution in [2.45, 2.75) is 6.92 Å². The highest BCUT2D eigenvalue weighted by atomic mass is 32.2. The number of nitrogens with one attached hydrogen (secondary N) is 1. The van der Waals surface area contributed by atoms with Gasteiger partial charge in [0.2, 0.25) is 0 Å². The van der Waals surface area contributed by atoms with Crippen LogP contribution in [0.25, 0.3) is 28.2 Å². The number of carbonyl (C=O) groups is 1. The van der Waals surface area contributed by atoms with Crippen molar-refractivity contribution in [1.82, 2.24) is 10.3 Å². The molecule has 1 amide bonds. The number of carbonyl (C=O) groups excluding carboxylic acids is 1. The minimum atomic E-state index is -0.149. The normalized spacial score (nSPS) is 15.4. The molecule has 3 aromatic rings. The van der Waals surface area contributed by atoms with Crippen LogP contribution in [0.15, 0.2) is 53.4 Å². The van der Waals surface area contributed by atoms with E-state index in [2.05, 4.69) is 11.4 Å². The van der Waals surface area contributed by atoms with Crippen LogP contribution < -0.4 is 10.1 Å². The molecule has 1 N–H and O–H groups in total. The predicted octanol–water partition coefficient (Wildman–Crippen LogP) is 4.71. The van der Waals surface area contributed by atoms with Crippen molar-refractivity contribution in [2.24, 2.45) is 0 Å². The summed E-state index contributed by atoms with van der Waals surface area (Å²) in [4.78, 5) is 17.3. The quantitative estimate of drug-likeness (QED) is 0.517. The summed E-state index contributed by atoms with van der Waals surface area (Å²) in [6.45, 7) is 2.05. The lowest BCUT2D eigenvalue weighted by molar-refractivity contribution is -0.115. The Balaban J connectivity index is 1.75. The molecule has 1 aromatic heterocycles. The van der Waals surface area contributed by atoms with Gasteiger partial charge in [-0.1, -0.05) is 42.2 Å². The van der Waals surface area contributed by atoms with Crippen molar-refractivity contribution < 1.29 is 9.53 Å². The molecule has 0 bridgehead atoms. The molecule has 6 heteroatoms. The molecule has 2 aromatic carbocycles. The van der Waals surface area contributed by atoms with Crippen molar-refractivity contribution in [1.29, 1.82) is 0 Å². The fourth-order valence-electron chi connectivity index (χ4n) is 3.03. The summed E-state index contributed by atoms with van der Waals surface area (Å²) < 4.78 is 5.78. The number of thioether (sulfide) groups is 1.